The summed E-state index contributed by atoms with van der Waals surface area (Å²) in [7, 11) is 0. The molecule has 0 spiro atoms. The lowest BCUT2D eigenvalue weighted by Crippen LogP contribution is -2.27. The van der Waals surface area contributed by atoms with Gasteiger partial charge in [0.25, 0.3) is 0 Å². The minimum Gasteiger partial charge on any atom is -0.335 e. The summed E-state index contributed by atoms with van der Waals surface area (Å²) in [6, 6.07) is 0. The standard InChI is InChI=1S/C16H31N3/c1-6-10-19-11-9-18-15(19)12-16(4,5)7-8-17-13-14(2)3/h9,11,14,17H,6-8,10,12-13H2,1-5H3. The van der Waals surface area contributed by atoms with E-state index in [1.165, 1.54) is 18.7 Å². The third-order valence-corrected chi connectivity index (χ3v) is 3.43. The van der Waals surface area contributed by atoms with E-state index in [4.69, 9.17) is 0 Å². The Kier molecular flexibility index (Phi) is 6.56. The van der Waals surface area contributed by atoms with Crippen LogP contribution < -0.4 is 5.32 Å². The molecule has 3 heteroatoms. The van der Waals surface area contributed by atoms with E-state index in [1.54, 1.807) is 0 Å². The molecule has 0 aromatic carbocycles. The van der Waals surface area contributed by atoms with E-state index >= 15 is 0 Å². The van der Waals surface area contributed by atoms with Crippen LogP contribution in [0.5, 0.6) is 0 Å². The Morgan fingerprint density at radius 3 is 2.74 bits per heavy atom. The molecule has 0 atom stereocenters. The maximum absolute atomic E-state index is 4.52. The third-order valence-electron chi connectivity index (χ3n) is 3.43. The molecule has 3 nitrogen and oxygen atoms in total. The highest BCUT2D eigenvalue weighted by molar-refractivity contribution is 4.96. The number of hydrogen-bond donors (Lipinski definition) is 1. The number of aryl methyl sites for hydroxylation is 1. The summed E-state index contributed by atoms with van der Waals surface area (Å²) in [5.41, 5.74) is 0.306. The monoisotopic (exact) mass is 265 g/mol. The van der Waals surface area contributed by atoms with E-state index in [0.29, 0.717) is 5.41 Å². The summed E-state index contributed by atoms with van der Waals surface area (Å²) < 4.78 is 2.29. The zero-order valence-corrected chi connectivity index (χ0v) is 13.4. The molecule has 0 unspecified atom stereocenters. The molecule has 19 heavy (non-hydrogen) atoms. The van der Waals surface area contributed by atoms with Crippen molar-refractivity contribution >= 4 is 0 Å². The van der Waals surface area contributed by atoms with E-state index in [2.05, 4.69) is 55.7 Å². The van der Waals surface area contributed by atoms with Crippen LogP contribution in [0, 0.1) is 11.3 Å². The van der Waals surface area contributed by atoms with Crippen LogP contribution in [0.15, 0.2) is 12.4 Å². The van der Waals surface area contributed by atoms with E-state index in [0.717, 1.165) is 32.0 Å². The summed E-state index contributed by atoms with van der Waals surface area (Å²) in [4.78, 5) is 4.52. The average molecular weight is 265 g/mol. The van der Waals surface area contributed by atoms with Gasteiger partial charge in [-0.15, -0.1) is 0 Å². The van der Waals surface area contributed by atoms with E-state index in [-0.39, 0.29) is 0 Å². The average Bonchev–Trinajstić information content (AvgIpc) is 2.72. The molecule has 0 fully saturated rings. The van der Waals surface area contributed by atoms with Gasteiger partial charge in [-0.25, -0.2) is 4.98 Å². The van der Waals surface area contributed by atoms with Crippen molar-refractivity contribution in [1.29, 1.82) is 0 Å². The Morgan fingerprint density at radius 1 is 1.37 bits per heavy atom. The first-order valence-electron chi connectivity index (χ1n) is 7.65. The van der Waals surface area contributed by atoms with Crippen molar-refractivity contribution in [2.24, 2.45) is 11.3 Å². The molecule has 0 aliphatic rings. The molecule has 0 radical (unpaired) electrons. The zero-order chi connectivity index (χ0) is 14.3. The van der Waals surface area contributed by atoms with Crippen molar-refractivity contribution in [3.63, 3.8) is 0 Å². The molecular weight excluding hydrogens is 234 g/mol. The number of nitrogens with one attached hydrogen (secondary N) is 1. The van der Waals surface area contributed by atoms with Gasteiger partial charge in [0, 0.05) is 25.4 Å². The normalized spacial score (nSPS) is 12.3. The smallest absolute Gasteiger partial charge is 0.109 e. The number of imidazole rings is 1. The molecule has 0 aliphatic carbocycles. The second-order valence-corrected chi connectivity index (χ2v) is 6.73. The lowest BCUT2D eigenvalue weighted by molar-refractivity contribution is 0.311. The zero-order valence-electron chi connectivity index (χ0n) is 13.4. The van der Waals surface area contributed by atoms with Crippen LogP contribution >= 0.6 is 0 Å². The lowest BCUT2D eigenvalue weighted by atomic mass is 9.85. The summed E-state index contributed by atoms with van der Waals surface area (Å²) >= 11 is 0. The first-order valence-corrected chi connectivity index (χ1v) is 7.65. The first-order chi connectivity index (χ1) is 8.94. The van der Waals surface area contributed by atoms with Gasteiger partial charge in [-0.1, -0.05) is 34.6 Å². The van der Waals surface area contributed by atoms with Crippen molar-refractivity contribution in [1.82, 2.24) is 14.9 Å². The van der Waals surface area contributed by atoms with Gasteiger partial charge in [0.2, 0.25) is 0 Å². The highest BCUT2D eigenvalue weighted by Gasteiger charge is 2.20. The molecule has 0 bridgehead atoms. The third kappa shape index (κ3) is 6.24. The van der Waals surface area contributed by atoms with Gasteiger partial charge in [-0.05, 0) is 37.3 Å². The molecule has 1 aromatic rings. The van der Waals surface area contributed by atoms with Gasteiger partial charge in [0.1, 0.15) is 5.82 Å². The minimum absolute atomic E-state index is 0.306. The van der Waals surface area contributed by atoms with Crippen molar-refractivity contribution < 1.29 is 0 Å². The number of hydrogen-bond acceptors (Lipinski definition) is 2. The van der Waals surface area contributed by atoms with Crippen molar-refractivity contribution in [3.8, 4) is 0 Å². The van der Waals surface area contributed by atoms with Gasteiger partial charge >= 0.3 is 0 Å². The van der Waals surface area contributed by atoms with Crippen molar-refractivity contribution in [2.75, 3.05) is 13.1 Å². The Bertz CT molecular complexity index is 353. The SMILES string of the molecule is CCCn1ccnc1CC(C)(C)CCNCC(C)C. The number of aromatic nitrogens is 2. The quantitative estimate of drug-likeness (QED) is 0.693. The van der Waals surface area contributed by atoms with E-state index in [1.807, 2.05) is 6.20 Å². The molecule has 0 saturated carbocycles. The van der Waals surface area contributed by atoms with Crippen LogP contribution in [0.1, 0.15) is 53.3 Å². The highest BCUT2D eigenvalue weighted by atomic mass is 15.1. The molecule has 1 rings (SSSR count). The molecule has 0 amide bonds. The maximum atomic E-state index is 4.52. The maximum Gasteiger partial charge on any atom is 0.109 e. The molecule has 1 aromatic heterocycles. The minimum atomic E-state index is 0.306. The number of nitrogens with zero attached hydrogens (tertiary/aromatic N) is 2. The summed E-state index contributed by atoms with van der Waals surface area (Å²) in [5, 5.41) is 3.53. The molecule has 1 N–H and O–H groups in total. The predicted octanol–water partition coefficient (Wildman–Crippen LogP) is 3.50. The van der Waals surface area contributed by atoms with Crippen molar-refractivity contribution in [2.45, 2.75) is 60.4 Å². The molecule has 0 aliphatic heterocycles. The summed E-state index contributed by atoms with van der Waals surface area (Å²) in [6.45, 7) is 14.7. The topological polar surface area (TPSA) is 29.9 Å². The van der Waals surface area contributed by atoms with Crippen LogP contribution in [0.3, 0.4) is 0 Å². The fourth-order valence-electron chi connectivity index (χ4n) is 2.29. The van der Waals surface area contributed by atoms with E-state index in [9.17, 15) is 0 Å². The molecular formula is C16H31N3. The van der Waals surface area contributed by atoms with Crippen LogP contribution in [0.25, 0.3) is 0 Å². The lowest BCUT2D eigenvalue weighted by Gasteiger charge is -2.25. The number of rotatable bonds is 9. The Hall–Kier alpha value is -0.830. The fraction of sp³-hybridized carbons (Fsp3) is 0.812. The first kappa shape index (κ1) is 16.2. The van der Waals surface area contributed by atoms with Gasteiger partial charge in [-0.2, -0.15) is 0 Å². The second kappa shape index (κ2) is 7.68. The summed E-state index contributed by atoms with van der Waals surface area (Å²) in [5.74, 6) is 1.96. The fourth-order valence-corrected chi connectivity index (χ4v) is 2.29. The van der Waals surface area contributed by atoms with Gasteiger partial charge in [0.05, 0.1) is 0 Å². The molecule has 110 valence electrons. The Labute approximate surface area is 118 Å². The van der Waals surface area contributed by atoms with Crippen molar-refractivity contribution in [3.05, 3.63) is 18.2 Å². The Balaban J connectivity index is 2.42. The largest absolute Gasteiger partial charge is 0.335 e. The van der Waals surface area contributed by atoms with Crippen LogP contribution in [-0.4, -0.2) is 22.6 Å². The summed E-state index contributed by atoms with van der Waals surface area (Å²) in [6.07, 6.45) is 7.45. The highest BCUT2D eigenvalue weighted by Crippen LogP contribution is 2.24. The van der Waals surface area contributed by atoms with Gasteiger partial charge in [-0.3, -0.25) is 0 Å². The second-order valence-electron chi connectivity index (χ2n) is 6.73. The van der Waals surface area contributed by atoms with Crippen LogP contribution in [0.2, 0.25) is 0 Å². The predicted molar refractivity (Wildman–Crippen MR) is 82.3 cm³/mol. The Morgan fingerprint density at radius 2 is 2.11 bits per heavy atom. The van der Waals surface area contributed by atoms with Gasteiger partial charge in [0.15, 0.2) is 0 Å². The van der Waals surface area contributed by atoms with E-state index < -0.39 is 0 Å². The molecule has 1 heterocycles. The molecule has 0 saturated heterocycles. The van der Waals surface area contributed by atoms with Crippen LogP contribution in [-0.2, 0) is 13.0 Å². The van der Waals surface area contributed by atoms with Gasteiger partial charge < -0.3 is 9.88 Å². The van der Waals surface area contributed by atoms with Crippen LogP contribution in [0.4, 0.5) is 0 Å².